The summed E-state index contributed by atoms with van der Waals surface area (Å²) in [4.78, 5) is 16.2. The van der Waals surface area contributed by atoms with E-state index in [0.717, 1.165) is 11.6 Å². The first-order chi connectivity index (χ1) is 10.1. The smallest absolute Gasteiger partial charge is 0.257 e. The van der Waals surface area contributed by atoms with E-state index in [1.807, 2.05) is 38.1 Å². The molecule has 0 saturated carbocycles. The Kier molecular flexibility index (Phi) is 4.77. The first-order valence-electron chi connectivity index (χ1n) is 6.80. The van der Waals surface area contributed by atoms with Crippen LogP contribution in [-0.4, -0.2) is 24.0 Å². The Bertz CT molecular complexity index is 592. The van der Waals surface area contributed by atoms with Crippen LogP contribution in [0.1, 0.15) is 24.2 Å². The van der Waals surface area contributed by atoms with Crippen molar-refractivity contribution in [3.63, 3.8) is 0 Å². The van der Waals surface area contributed by atoms with Crippen LogP contribution in [0.15, 0.2) is 42.6 Å². The molecule has 2 N–H and O–H groups in total. The molecule has 2 aromatic rings. The topological polar surface area (TPSA) is 63.2 Å². The van der Waals surface area contributed by atoms with Gasteiger partial charge in [0.2, 0.25) is 0 Å². The van der Waals surface area contributed by atoms with Crippen molar-refractivity contribution in [3.05, 3.63) is 48.2 Å². The number of benzene rings is 1. The molecule has 0 aliphatic heterocycles. The normalized spacial score (nSPS) is 10.3. The summed E-state index contributed by atoms with van der Waals surface area (Å²) in [5.41, 5.74) is 1.23. The van der Waals surface area contributed by atoms with Crippen LogP contribution in [0.25, 0.3) is 0 Å². The fraction of sp³-hybridized carbons (Fsp3) is 0.250. The number of nitrogens with one attached hydrogen (secondary N) is 2. The van der Waals surface area contributed by atoms with E-state index in [4.69, 9.17) is 4.74 Å². The predicted octanol–water partition coefficient (Wildman–Crippen LogP) is 3.16. The maximum atomic E-state index is 12.1. The first kappa shape index (κ1) is 14.8. The van der Waals surface area contributed by atoms with Crippen LogP contribution in [0.2, 0.25) is 0 Å². The second-order valence-electron chi connectivity index (χ2n) is 4.83. The van der Waals surface area contributed by atoms with Crippen LogP contribution in [0.3, 0.4) is 0 Å². The summed E-state index contributed by atoms with van der Waals surface area (Å²) in [5, 5.41) is 5.73. The van der Waals surface area contributed by atoms with Gasteiger partial charge in [0.1, 0.15) is 11.6 Å². The summed E-state index contributed by atoms with van der Waals surface area (Å²) in [6.45, 7) is 3.94. The molecule has 0 bridgehead atoms. The quantitative estimate of drug-likeness (QED) is 0.885. The molecular weight excluding hydrogens is 266 g/mol. The number of rotatable bonds is 5. The van der Waals surface area contributed by atoms with E-state index in [-0.39, 0.29) is 12.0 Å². The van der Waals surface area contributed by atoms with Gasteiger partial charge in [0.15, 0.2) is 0 Å². The number of ether oxygens (including phenoxy) is 1. The number of aromatic nitrogens is 1. The second kappa shape index (κ2) is 6.74. The number of pyridine rings is 1. The molecule has 0 aliphatic carbocycles. The van der Waals surface area contributed by atoms with Crippen LogP contribution in [0.5, 0.6) is 5.75 Å². The number of nitrogens with zero attached hydrogens (tertiary/aromatic N) is 1. The molecule has 21 heavy (non-hydrogen) atoms. The fourth-order valence-corrected chi connectivity index (χ4v) is 1.77. The summed E-state index contributed by atoms with van der Waals surface area (Å²) in [6.07, 6.45) is 1.67. The number of anilines is 2. The molecule has 1 heterocycles. The Morgan fingerprint density at radius 3 is 2.38 bits per heavy atom. The molecule has 0 atom stereocenters. The first-order valence-corrected chi connectivity index (χ1v) is 6.80. The van der Waals surface area contributed by atoms with Gasteiger partial charge in [0.05, 0.1) is 11.7 Å². The molecule has 1 aromatic carbocycles. The van der Waals surface area contributed by atoms with Gasteiger partial charge >= 0.3 is 0 Å². The van der Waals surface area contributed by atoms with Gasteiger partial charge < -0.3 is 15.4 Å². The summed E-state index contributed by atoms with van der Waals surface area (Å²) in [5.74, 6) is 1.31. The molecule has 0 fully saturated rings. The standard InChI is InChI=1S/C16H19N3O2/c1-11(2)21-14-7-5-13(6-8-14)19-16(20)12-4-9-15(17-3)18-10-12/h4-11H,1-3H3,(H,17,18)(H,19,20). The highest BCUT2D eigenvalue weighted by molar-refractivity contribution is 6.04. The lowest BCUT2D eigenvalue weighted by molar-refractivity contribution is 0.102. The van der Waals surface area contributed by atoms with E-state index in [2.05, 4.69) is 15.6 Å². The fourth-order valence-electron chi connectivity index (χ4n) is 1.77. The molecule has 0 radical (unpaired) electrons. The Balaban J connectivity index is 2.01. The zero-order valence-corrected chi connectivity index (χ0v) is 12.4. The minimum absolute atomic E-state index is 0.127. The molecule has 5 heteroatoms. The second-order valence-corrected chi connectivity index (χ2v) is 4.83. The molecule has 0 unspecified atom stereocenters. The number of carbonyl (C=O) groups excluding carboxylic acids is 1. The molecule has 110 valence electrons. The van der Waals surface area contributed by atoms with E-state index in [1.54, 1.807) is 19.2 Å². The van der Waals surface area contributed by atoms with E-state index in [1.165, 1.54) is 6.20 Å². The van der Waals surface area contributed by atoms with Crippen molar-refractivity contribution in [1.82, 2.24) is 4.98 Å². The number of hydrogen-bond acceptors (Lipinski definition) is 4. The minimum Gasteiger partial charge on any atom is -0.491 e. The molecule has 1 amide bonds. The summed E-state index contributed by atoms with van der Waals surface area (Å²) in [6, 6.07) is 10.8. The van der Waals surface area contributed by atoms with E-state index in [0.29, 0.717) is 11.3 Å². The monoisotopic (exact) mass is 285 g/mol. The molecule has 2 rings (SSSR count). The average Bonchev–Trinajstić information content (AvgIpc) is 2.49. The maximum Gasteiger partial charge on any atom is 0.257 e. The Morgan fingerprint density at radius 2 is 1.86 bits per heavy atom. The van der Waals surface area contributed by atoms with E-state index in [9.17, 15) is 4.79 Å². The van der Waals surface area contributed by atoms with Crippen LogP contribution >= 0.6 is 0 Å². The van der Waals surface area contributed by atoms with Crippen molar-refractivity contribution in [2.45, 2.75) is 20.0 Å². The van der Waals surface area contributed by atoms with Gasteiger partial charge in [0, 0.05) is 18.9 Å². The van der Waals surface area contributed by atoms with Gasteiger partial charge in [-0.15, -0.1) is 0 Å². The van der Waals surface area contributed by atoms with Crippen molar-refractivity contribution >= 4 is 17.4 Å². The van der Waals surface area contributed by atoms with Gasteiger partial charge in [-0.25, -0.2) is 4.98 Å². The van der Waals surface area contributed by atoms with Gasteiger partial charge in [0.25, 0.3) is 5.91 Å². The SMILES string of the molecule is CNc1ccc(C(=O)Nc2ccc(OC(C)C)cc2)cn1. The Labute approximate surface area is 124 Å². The predicted molar refractivity (Wildman–Crippen MR) is 83.9 cm³/mol. The summed E-state index contributed by atoms with van der Waals surface area (Å²) >= 11 is 0. The van der Waals surface area contributed by atoms with Gasteiger partial charge in [-0.05, 0) is 50.2 Å². The third kappa shape index (κ3) is 4.21. The highest BCUT2D eigenvalue weighted by atomic mass is 16.5. The lowest BCUT2D eigenvalue weighted by Crippen LogP contribution is -2.12. The minimum atomic E-state index is -0.192. The maximum absolute atomic E-state index is 12.1. The van der Waals surface area contributed by atoms with Crippen molar-refractivity contribution in [1.29, 1.82) is 0 Å². The highest BCUT2D eigenvalue weighted by Gasteiger charge is 2.07. The van der Waals surface area contributed by atoms with Gasteiger partial charge in [-0.2, -0.15) is 0 Å². The number of amides is 1. The summed E-state index contributed by atoms with van der Waals surface area (Å²) in [7, 11) is 1.78. The van der Waals surface area contributed by atoms with Crippen LogP contribution < -0.4 is 15.4 Å². The third-order valence-electron chi connectivity index (χ3n) is 2.77. The molecule has 1 aromatic heterocycles. The Hall–Kier alpha value is -2.56. The van der Waals surface area contributed by atoms with Crippen molar-refractivity contribution < 1.29 is 9.53 Å². The molecule has 5 nitrogen and oxygen atoms in total. The van der Waals surface area contributed by atoms with Gasteiger partial charge in [-0.3, -0.25) is 4.79 Å². The zero-order chi connectivity index (χ0) is 15.2. The van der Waals surface area contributed by atoms with E-state index >= 15 is 0 Å². The average molecular weight is 285 g/mol. The van der Waals surface area contributed by atoms with Crippen molar-refractivity contribution in [3.8, 4) is 5.75 Å². The van der Waals surface area contributed by atoms with Gasteiger partial charge in [-0.1, -0.05) is 0 Å². The van der Waals surface area contributed by atoms with Crippen LogP contribution in [-0.2, 0) is 0 Å². The molecule has 0 aliphatic rings. The number of carbonyl (C=O) groups is 1. The van der Waals surface area contributed by atoms with Crippen molar-refractivity contribution in [2.24, 2.45) is 0 Å². The van der Waals surface area contributed by atoms with Crippen LogP contribution in [0.4, 0.5) is 11.5 Å². The molecule has 0 saturated heterocycles. The lowest BCUT2D eigenvalue weighted by atomic mass is 10.2. The summed E-state index contributed by atoms with van der Waals surface area (Å²) < 4.78 is 5.55. The number of hydrogen-bond donors (Lipinski definition) is 2. The van der Waals surface area contributed by atoms with Crippen molar-refractivity contribution in [2.75, 3.05) is 17.7 Å². The highest BCUT2D eigenvalue weighted by Crippen LogP contribution is 2.17. The van der Waals surface area contributed by atoms with Crippen LogP contribution in [0, 0.1) is 0 Å². The zero-order valence-electron chi connectivity index (χ0n) is 12.4. The Morgan fingerprint density at radius 1 is 1.14 bits per heavy atom. The molecular formula is C16H19N3O2. The largest absolute Gasteiger partial charge is 0.491 e. The third-order valence-corrected chi connectivity index (χ3v) is 2.77. The van der Waals surface area contributed by atoms with E-state index < -0.39 is 0 Å². The molecule has 0 spiro atoms. The lowest BCUT2D eigenvalue weighted by Gasteiger charge is -2.10.